The van der Waals surface area contributed by atoms with Crippen molar-refractivity contribution < 1.29 is 23.6 Å². The SMILES string of the molecule is C[C@]1(c2ccc(F)cc2)NC(=O)N(CC(=O)Nc2sccc2C(N)=O)C1=O. The summed E-state index contributed by atoms with van der Waals surface area (Å²) in [5, 5.41) is 6.81. The number of primary amides is 1. The summed E-state index contributed by atoms with van der Waals surface area (Å²) in [6.07, 6.45) is 0. The fourth-order valence-corrected chi connectivity index (χ4v) is 3.54. The number of rotatable bonds is 5. The van der Waals surface area contributed by atoms with E-state index in [9.17, 15) is 23.6 Å². The van der Waals surface area contributed by atoms with Crippen LogP contribution in [0, 0.1) is 5.82 Å². The molecule has 8 nitrogen and oxygen atoms in total. The van der Waals surface area contributed by atoms with E-state index >= 15 is 0 Å². The molecule has 5 amide bonds. The lowest BCUT2D eigenvalue weighted by atomic mass is 9.92. The predicted octanol–water partition coefficient (Wildman–Crippen LogP) is 1.39. The smallest absolute Gasteiger partial charge is 0.325 e. The van der Waals surface area contributed by atoms with Crippen molar-refractivity contribution in [1.82, 2.24) is 10.2 Å². The van der Waals surface area contributed by atoms with E-state index in [1.807, 2.05) is 0 Å². The van der Waals surface area contributed by atoms with Crippen molar-refractivity contribution in [2.24, 2.45) is 5.73 Å². The Morgan fingerprint density at radius 3 is 2.56 bits per heavy atom. The number of carbonyl (C=O) groups is 4. The van der Waals surface area contributed by atoms with E-state index in [1.54, 1.807) is 5.38 Å². The molecule has 1 aromatic carbocycles. The van der Waals surface area contributed by atoms with Gasteiger partial charge < -0.3 is 16.4 Å². The second-order valence-electron chi connectivity index (χ2n) is 6.03. The van der Waals surface area contributed by atoms with Crippen LogP contribution in [-0.2, 0) is 15.1 Å². The molecule has 0 saturated carbocycles. The van der Waals surface area contributed by atoms with Crippen molar-refractivity contribution in [2.45, 2.75) is 12.5 Å². The van der Waals surface area contributed by atoms with Crippen LogP contribution in [0.25, 0.3) is 0 Å². The number of nitrogens with one attached hydrogen (secondary N) is 2. The van der Waals surface area contributed by atoms with Crippen LogP contribution in [0.4, 0.5) is 14.2 Å². The molecule has 1 aliphatic rings. The quantitative estimate of drug-likeness (QED) is 0.668. The van der Waals surface area contributed by atoms with Crippen LogP contribution in [0.15, 0.2) is 35.7 Å². The van der Waals surface area contributed by atoms with Gasteiger partial charge in [-0.3, -0.25) is 19.3 Å². The average Bonchev–Trinajstić information content (AvgIpc) is 3.15. The number of thiophene rings is 1. The molecule has 0 spiro atoms. The minimum Gasteiger partial charge on any atom is -0.366 e. The zero-order valence-electron chi connectivity index (χ0n) is 14.1. The third-order valence-corrected chi connectivity index (χ3v) is 5.01. The highest BCUT2D eigenvalue weighted by molar-refractivity contribution is 7.14. The number of nitrogens with two attached hydrogens (primary N) is 1. The fourth-order valence-electron chi connectivity index (χ4n) is 2.73. The van der Waals surface area contributed by atoms with Gasteiger partial charge in [-0.15, -0.1) is 11.3 Å². The van der Waals surface area contributed by atoms with E-state index in [1.165, 1.54) is 37.3 Å². The van der Waals surface area contributed by atoms with Gasteiger partial charge in [0.2, 0.25) is 5.91 Å². The molecule has 10 heteroatoms. The van der Waals surface area contributed by atoms with Gasteiger partial charge in [0.1, 0.15) is 22.9 Å². The summed E-state index contributed by atoms with van der Waals surface area (Å²) >= 11 is 1.09. The summed E-state index contributed by atoms with van der Waals surface area (Å²) in [5.74, 6) is -2.48. The summed E-state index contributed by atoms with van der Waals surface area (Å²) in [4.78, 5) is 49.3. The topological polar surface area (TPSA) is 122 Å². The molecule has 1 atom stereocenters. The van der Waals surface area contributed by atoms with Gasteiger partial charge in [-0.25, -0.2) is 9.18 Å². The molecule has 1 saturated heterocycles. The lowest BCUT2D eigenvalue weighted by molar-refractivity contribution is -0.133. The fraction of sp³-hybridized carbons (Fsp3) is 0.176. The lowest BCUT2D eigenvalue weighted by Gasteiger charge is -2.22. The third-order valence-electron chi connectivity index (χ3n) is 4.18. The van der Waals surface area contributed by atoms with Gasteiger partial charge >= 0.3 is 6.03 Å². The van der Waals surface area contributed by atoms with E-state index in [0.29, 0.717) is 5.56 Å². The number of hydrogen-bond donors (Lipinski definition) is 3. The number of imide groups is 1. The number of nitrogens with zero attached hydrogens (tertiary/aromatic N) is 1. The Balaban J connectivity index is 1.75. The number of halogens is 1. The summed E-state index contributed by atoms with van der Waals surface area (Å²) in [7, 11) is 0. The molecule has 0 bridgehead atoms. The standard InChI is InChI=1S/C17H15FN4O4S/c1-17(9-2-4-10(18)5-3-9)15(25)22(16(26)21-17)8-12(23)20-14-11(13(19)24)6-7-27-14/h2-7H,8H2,1H3,(H2,19,24)(H,20,23)(H,21,26)/t17-/m1/s1. The van der Waals surface area contributed by atoms with Crippen LogP contribution in [0.2, 0.25) is 0 Å². The number of hydrogen-bond acceptors (Lipinski definition) is 5. The van der Waals surface area contributed by atoms with Crippen LogP contribution in [0.1, 0.15) is 22.8 Å². The Morgan fingerprint density at radius 2 is 1.93 bits per heavy atom. The van der Waals surface area contributed by atoms with Crippen molar-refractivity contribution in [3.63, 3.8) is 0 Å². The largest absolute Gasteiger partial charge is 0.366 e. The van der Waals surface area contributed by atoms with Crippen molar-refractivity contribution in [1.29, 1.82) is 0 Å². The first-order valence-corrected chi connectivity index (χ1v) is 8.67. The van der Waals surface area contributed by atoms with E-state index in [-0.39, 0.29) is 10.6 Å². The first kappa shape index (κ1) is 18.5. The van der Waals surface area contributed by atoms with Crippen molar-refractivity contribution in [3.05, 3.63) is 52.7 Å². The normalized spacial score (nSPS) is 19.1. The van der Waals surface area contributed by atoms with Crippen LogP contribution in [0.3, 0.4) is 0 Å². The maximum absolute atomic E-state index is 13.1. The van der Waals surface area contributed by atoms with Gasteiger partial charge in [0.25, 0.3) is 11.8 Å². The minimum absolute atomic E-state index is 0.140. The van der Waals surface area contributed by atoms with Gasteiger partial charge in [0, 0.05) is 0 Å². The van der Waals surface area contributed by atoms with E-state index in [0.717, 1.165) is 16.2 Å². The lowest BCUT2D eigenvalue weighted by Crippen LogP contribution is -2.42. The zero-order chi connectivity index (χ0) is 19.8. The monoisotopic (exact) mass is 390 g/mol. The van der Waals surface area contributed by atoms with Crippen molar-refractivity contribution in [3.8, 4) is 0 Å². The van der Waals surface area contributed by atoms with Gasteiger partial charge in [-0.05, 0) is 36.1 Å². The summed E-state index contributed by atoms with van der Waals surface area (Å²) in [6, 6.07) is 5.85. The van der Waals surface area contributed by atoms with Crippen LogP contribution >= 0.6 is 11.3 Å². The first-order valence-electron chi connectivity index (χ1n) is 7.79. The number of carbonyl (C=O) groups excluding carboxylic acids is 4. The molecule has 2 aromatic rings. The van der Waals surface area contributed by atoms with E-state index < -0.39 is 41.7 Å². The number of amides is 5. The molecule has 3 rings (SSSR count). The minimum atomic E-state index is -1.41. The number of anilines is 1. The molecule has 0 unspecified atom stereocenters. The maximum Gasteiger partial charge on any atom is 0.325 e. The molecule has 1 aromatic heterocycles. The summed E-state index contributed by atoms with van der Waals surface area (Å²) < 4.78 is 13.1. The highest BCUT2D eigenvalue weighted by Crippen LogP contribution is 2.29. The molecule has 1 aliphatic heterocycles. The average molecular weight is 390 g/mol. The maximum atomic E-state index is 13.1. The van der Waals surface area contributed by atoms with E-state index in [2.05, 4.69) is 10.6 Å². The second kappa shape index (κ2) is 6.80. The number of urea groups is 1. The molecule has 140 valence electrons. The third kappa shape index (κ3) is 3.38. The molecule has 1 fully saturated rings. The van der Waals surface area contributed by atoms with Crippen LogP contribution < -0.4 is 16.4 Å². The highest BCUT2D eigenvalue weighted by Gasteiger charge is 2.49. The van der Waals surface area contributed by atoms with Gasteiger partial charge in [-0.2, -0.15) is 0 Å². The molecule has 27 heavy (non-hydrogen) atoms. The van der Waals surface area contributed by atoms with Crippen molar-refractivity contribution >= 4 is 40.1 Å². The Hall–Kier alpha value is -3.27. The Morgan fingerprint density at radius 1 is 1.26 bits per heavy atom. The molecular weight excluding hydrogens is 375 g/mol. The van der Waals surface area contributed by atoms with Crippen LogP contribution in [0.5, 0.6) is 0 Å². The highest BCUT2D eigenvalue weighted by atomic mass is 32.1. The van der Waals surface area contributed by atoms with Crippen LogP contribution in [-0.4, -0.2) is 35.2 Å². The molecule has 2 heterocycles. The molecule has 0 aliphatic carbocycles. The molecule has 4 N–H and O–H groups in total. The molecule has 0 radical (unpaired) electrons. The van der Waals surface area contributed by atoms with Crippen molar-refractivity contribution in [2.75, 3.05) is 11.9 Å². The van der Waals surface area contributed by atoms with Gasteiger partial charge in [-0.1, -0.05) is 12.1 Å². The summed E-state index contributed by atoms with van der Waals surface area (Å²) in [5.41, 5.74) is 4.33. The zero-order valence-corrected chi connectivity index (χ0v) is 14.9. The van der Waals surface area contributed by atoms with Gasteiger partial charge in [0.05, 0.1) is 5.56 Å². The Bertz CT molecular complexity index is 943. The van der Waals surface area contributed by atoms with E-state index in [4.69, 9.17) is 5.73 Å². The predicted molar refractivity (Wildman–Crippen MR) is 95.5 cm³/mol. The number of benzene rings is 1. The Kier molecular flexibility index (Phi) is 4.66. The summed E-state index contributed by atoms with van der Waals surface area (Å²) in [6.45, 7) is 0.931. The first-order chi connectivity index (χ1) is 12.7. The Labute approximate surface area is 157 Å². The van der Waals surface area contributed by atoms with Gasteiger partial charge in [0.15, 0.2) is 0 Å². The second-order valence-corrected chi connectivity index (χ2v) is 6.95. The molecular formula is C17H15FN4O4S.